The van der Waals surface area contributed by atoms with Gasteiger partial charge in [0.15, 0.2) is 6.10 Å². The van der Waals surface area contributed by atoms with Crippen LogP contribution in [0.2, 0.25) is 0 Å². The van der Waals surface area contributed by atoms with Gasteiger partial charge in [0.05, 0.1) is 0 Å². The van der Waals surface area contributed by atoms with Crippen LogP contribution in [-0.2, 0) is 4.79 Å². The number of unbranched alkanes of at least 4 members (excludes halogenated alkanes) is 6. The quantitative estimate of drug-likeness (QED) is 0.313. The van der Waals surface area contributed by atoms with Crippen molar-refractivity contribution in [3.63, 3.8) is 0 Å². The molecule has 0 saturated heterocycles. The molecule has 1 unspecified atom stereocenters. The van der Waals surface area contributed by atoms with E-state index in [4.69, 9.17) is 10.2 Å². The Hall–Kier alpha value is -1.35. The molecule has 0 aromatic rings. The lowest BCUT2D eigenvalue weighted by molar-refractivity contribution is -0.146. The highest BCUT2D eigenvalue weighted by molar-refractivity contribution is 5.71. The molecule has 23 heavy (non-hydrogen) atoms. The third-order valence-corrected chi connectivity index (χ3v) is 3.65. The lowest BCUT2D eigenvalue weighted by atomic mass is 10.1. The number of aliphatic carboxylic acids is 1. The molecule has 0 fully saturated rings. The maximum absolute atomic E-state index is 10.4. The summed E-state index contributed by atoms with van der Waals surface area (Å²) in [5.41, 5.74) is 0. The molecule has 0 saturated carbocycles. The van der Waals surface area contributed by atoms with Crippen molar-refractivity contribution in [2.75, 3.05) is 0 Å². The van der Waals surface area contributed by atoms with Crippen LogP contribution in [0.4, 0.5) is 0 Å². The molecule has 0 radical (unpaired) electrons. The number of carboxylic acid groups (broad SMARTS) is 1. The molecule has 0 heterocycles. The van der Waals surface area contributed by atoms with E-state index in [1.54, 1.807) is 0 Å². The summed E-state index contributed by atoms with van der Waals surface area (Å²) in [5, 5.41) is 17.7. The van der Waals surface area contributed by atoms with Crippen molar-refractivity contribution in [2.45, 2.75) is 83.7 Å². The van der Waals surface area contributed by atoms with Gasteiger partial charge < -0.3 is 10.2 Å². The van der Waals surface area contributed by atoms with Crippen LogP contribution in [0.5, 0.6) is 0 Å². The third-order valence-electron chi connectivity index (χ3n) is 3.65. The van der Waals surface area contributed by atoms with Gasteiger partial charge in [-0.3, -0.25) is 0 Å². The Balaban J connectivity index is 3.37. The lowest BCUT2D eigenvalue weighted by Gasteiger charge is -2.03. The number of hydrogen-bond donors (Lipinski definition) is 2. The van der Waals surface area contributed by atoms with Crippen molar-refractivity contribution in [1.82, 2.24) is 0 Å². The molecular formula is C20H34O3. The number of hydrogen-bond acceptors (Lipinski definition) is 2. The van der Waals surface area contributed by atoms with Gasteiger partial charge in [0.2, 0.25) is 0 Å². The molecule has 0 aromatic heterocycles. The molecule has 0 aliphatic heterocycles. The van der Waals surface area contributed by atoms with Gasteiger partial charge in [0.1, 0.15) is 0 Å². The van der Waals surface area contributed by atoms with Crippen LogP contribution in [0, 0.1) is 0 Å². The van der Waals surface area contributed by atoms with E-state index >= 15 is 0 Å². The zero-order chi connectivity index (χ0) is 17.2. The zero-order valence-corrected chi connectivity index (χ0v) is 14.6. The van der Waals surface area contributed by atoms with Crippen molar-refractivity contribution in [2.24, 2.45) is 0 Å². The molecule has 132 valence electrons. The standard InChI is InChI=1S/C20H34O3/c1-2-3-4-5-6-7-8-9-10-11-12-13-14-15-16-17-18-19(21)20(22)23/h6-7,9-10,12-13,19,21H,2-5,8,11,14-18H2,1H3,(H,22,23). The van der Waals surface area contributed by atoms with Crippen molar-refractivity contribution >= 4 is 5.97 Å². The second-order valence-electron chi connectivity index (χ2n) is 5.87. The molecule has 0 bridgehead atoms. The predicted octanol–water partition coefficient (Wildman–Crippen LogP) is 5.41. The van der Waals surface area contributed by atoms with Crippen LogP contribution < -0.4 is 0 Å². The minimum absolute atomic E-state index is 0.355. The molecule has 0 spiro atoms. The van der Waals surface area contributed by atoms with E-state index in [1.165, 1.54) is 25.7 Å². The topological polar surface area (TPSA) is 57.5 Å². The Morgan fingerprint density at radius 2 is 1.35 bits per heavy atom. The molecular weight excluding hydrogens is 288 g/mol. The minimum Gasteiger partial charge on any atom is -0.479 e. The number of allylic oxidation sites excluding steroid dienone is 6. The fraction of sp³-hybridized carbons (Fsp3) is 0.650. The molecule has 0 rings (SSSR count). The SMILES string of the molecule is CCCCCC=CCC=CCC=CCCCCCC(O)C(=O)O. The van der Waals surface area contributed by atoms with Gasteiger partial charge in [-0.1, -0.05) is 69.1 Å². The van der Waals surface area contributed by atoms with Crippen LogP contribution in [0.1, 0.15) is 77.6 Å². The Kier molecular flexibility index (Phi) is 16.0. The first-order valence-corrected chi connectivity index (χ1v) is 9.04. The van der Waals surface area contributed by atoms with Crippen molar-refractivity contribution in [3.05, 3.63) is 36.5 Å². The van der Waals surface area contributed by atoms with E-state index < -0.39 is 12.1 Å². The second kappa shape index (κ2) is 17.0. The first-order valence-electron chi connectivity index (χ1n) is 9.04. The maximum atomic E-state index is 10.4. The number of aliphatic hydroxyl groups is 1. The number of carboxylic acids is 1. The minimum atomic E-state index is -1.20. The molecule has 2 N–H and O–H groups in total. The average molecular weight is 322 g/mol. The highest BCUT2D eigenvalue weighted by Gasteiger charge is 2.11. The normalized spacial score (nSPS) is 13.5. The van der Waals surface area contributed by atoms with Crippen LogP contribution in [-0.4, -0.2) is 22.3 Å². The fourth-order valence-electron chi connectivity index (χ4n) is 2.19. The maximum Gasteiger partial charge on any atom is 0.332 e. The molecule has 0 amide bonds. The Bertz CT molecular complexity index is 356. The monoisotopic (exact) mass is 322 g/mol. The summed E-state index contributed by atoms with van der Waals surface area (Å²) in [6.45, 7) is 2.23. The molecule has 0 aliphatic rings. The highest BCUT2D eigenvalue weighted by atomic mass is 16.4. The summed E-state index contributed by atoms with van der Waals surface area (Å²) in [5.74, 6) is -1.12. The predicted molar refractivity (Wildman–Crippen MR) is 97.5 cm³/mol. The second-order valence-corrected chi connectivity index (χ2v) is 5.87. The number of rotatable bonds is 15. The molecule has 0 aromatic carbocycles. The van der Waals surface area contributed by atoms with Gasteiger partial charge in [0, 0.05) is 0 Å². The van der Waals surface area contributed by atoms with Crippen molar-refractivity contribution < 1.29 is 15.0 Å². The summed E-state index contributed by atoms with van der Waals surface area (Å²) in [7, 11) is 0. The third kappa shape index (κ3) is 16.8. The van der Waals surface area contributed by atoms with Gasteiger partial charge in [-0.25, -0.2) is 4.79 Å². The first-order chi connectivity index (χ1) is 11.2. The van der Waals surface area contributed by atoms with Gasteiger partial charge in [-0.2, -0.15) is 0 Å². The first kappa shape index (κ1) is 21.6. The zero-order valence-electron chi connectivity index (χ0n) is 14.6. The Labute approximate surface area is 141 Å². The number of aliphatic hydroxyl groups excluding tert-OH is 1. The van der Waals surface area contributed by atoms with Gasteiger partial charge in [-0.15, -0.1) is 0 Å². The van der Waals surface area contributed by atoms with E-state index in [0.717, 1.165) is 38.5 Å². The van der Waals surface area contributed by atoms with Gasteiger partial charge in [0.25, 0.3) is 0 Å². The molecule has 1 atom stereocenters. The van der Waals surface area contributed by atoms with E-state index in [-0.39, 0.29) is 0 Å². The summed E-state index contributed by atoms with van der Waals surface area (Å²) in [4.78, 5) is 10.4. The van der Waals surface area contributed by atoms with Crippen molar-refractivity contribution in [3.8, 4) is 0 Å². The largest absolute Gasteiger partial charge is 0.479 e. The van der Waals surface area contributed by atoms with Crippen LogP contribution >= 0.6 is 0 Å². The number of carbonyl (C=O) groups is 1. The van der Waals surface area contributed by atoms with Gasteiger partial charge >= 0.3 is 5.97 Å². The fourth-order valence-corrected chi connectivity index (χ4v) is 2.19. The van der Waals surface area contributed by atoms with E-state index in [9.17, 15) is 4.79 Å². The molecule has 3 heteroatoms. The summed E-state index contributed by atoms with van der Waals surface area (Å²) >= 11 is 0. The summed E-state index contributed by atoms with van der Waals surface area (Å²) in [6, 6.07) is 0. The summed E-state index contributed by atoms with van der Waals surface area (Å²) in [6.07, 6.45) is 23.3. The lowest BCUT2D eigenvalue weighted by Crippen LogP contribution is -2.18. The van der Waals surface area contributed by atoms with Crippen molar-refractivity contribution in [1.29, 1.82) is 0 Å². The van der Waals surface area contributed by atoms with E-state index in [2.05, 4.69) is 43.4 Å². The Morgan fingerprint density at radius 1 is 0.826 bits per heavy atom. The molecule has 3 nitrogen and oxygen atoms in total. The van der Waals surface area contributed by atoms with Gasteiger partial charge in [-0.05, 0) is 44.9 Å². The molecule has 0 aliphatic carbocycles. The Morgan fingerprint density at radius 3 is 1.87 bits per heavy atom. The van der Waals surface area contributed by atoms with Crippen LogP contribution in [0.3, 0.4) is 0 Å². The summed E-state index contributed by atoms with van der Waals surface area (Å²) < 4.78 is 0. The van der Waals surface area contributed by atoms with E-state index in [0.29, 0.717) is 6.42 Å². The van der Waals surface area contributed by atoms with Crippen LogP contribution in [0.15, 0.2) is 36.5 Å². The average Bonchev–Trinajstić information content (AvgIpc) is 2.54. The van der Waals surface area contributed by atoms with Crippen LogP contribution in [0.25, 0.3) is 0 Å². The van der Waals surface area contributed by atoms with E-state index in [1.807, 2.05) is 0 Å². The smallest absolute Gasteiger partial charge is 0.332 e. The highest BCUT2D eigenvalue weighted by Crippen LogP contribution is 2.07.